The Morgan fingerprint density at radius 2 is 2.00 bits per heavy atom. The maximum absolute atomic E-state index is 12.5. The predicted molar refractivity (Wildman–Crippen MR) is 90.1 cm³/mol. The lowest BCUT2D eigenvalue weighted by molar-refractivity contribution is -0.123. The standard InChI is InChI=1S/C17H17N3O6/c1-19(2)14-7-5-10(26-14)8-12-15(21)20(17(23)18-12)9-11-4-6-13(25-11)16(22)24-3/h4-8H,9H2,1-3H3,(H,18,23)/b12-8-. The summed E-state index contributed by atoms with van der Waals surface area (Å²) in [5, 5.41) is 2.49. The highest BCUT2D eigenvalue weighted by atomic mass is 16.5. The van der Waals surface area contributed by atoms with Crippen LogP contribution in [-0.4, -0.2) is 44.0 Å². The minimum Gasteiger partial charge on any atom is -0.463 e. The van der Waals surface area contributed by atoms with Crippen molar-refractivity contribution in [2.24, 2.45) is 0 Å². The van der Waals surface area contributed by atoms with Gasteiger partial charge in [0.2, 0.25) is 5.76 Å². The van der Waals surface area contributed by atoms with Gasteiger partial charge in [0, 0.05) is 26.2 Å². The number of carbonyl (C=O) groups is 3. The Morgan fingerprint density at radius 3 is 2.65 bits per heavy atom. The van der Waals surface area contributed by atoms with Crippen LogP contribution in [0.15, 0.2) is 38.8 Å². The molecule has 0 unspecified atom stereocenters. The van der Waals surface area contributed by atoms with Gasteiger partial charge in [0.05, 0.1) is 13.7 Å². The molecule has 26 heavy (non-hydrogen) atoms. The van der Waals surface area contributed by atoms with E-state index in [4.69, 9.17) is 8.83 Å². The summed E-state index contributed by atoms with van der Waals surface area (Å²) in [7, 11) is 4.88. The summed E-state index contributed by atoms with van der Waals surface area (Å²) in [5.74, 6) is 0.180. The predicted octanol–water partition coefficient (Wildman–Crippen LogP) is 1.82. The average molecular weight is 359 g/mol. The van der Waals surface area contributed by atoms with E-state index in [2.05, 4.69) is 10.1 Å². The number of carbonyl (C=O) groups excluding carboxylic acids is 3. The van der Waals surface area contributed by atoms with E-state index in [0.29, 0.717) is 11.6 Å². The van der Waals surface area contributed by atoms with Crippen molar-refractivity contribution in [3.05, 3.63) is 47.2 Å². The van der Waals surface area contributed by atoms with E-state index in [-0.39, 0.29) is 23.8 Å². The van der Waals surface area contributed by atoms with Crippen molar-refractivity contribution >= 4 is 29.9 Å². The van der Waals surface area contributed by atoms with E-state index in [1.54, 1.807) is 17.0 Å². The Balaban J connectivity index is 1.75. The molecule has 0 aliphatic carbocycles. The fourth-order valence-corrected chi connectivity index (χ4v) is 2.35. The Kier molecular flexibility index (Phi) is 4.53. The van der Waals surface area contributed by atoms with Gasteiger partial charge in [-0.2, -0.15) is 0 Å². The number of hydrogen-bond acceptors (Lipinski definition) is 7. The Morgan fingerprint density at radius 1 is 1.23 bits per heavy atom. The molecule has 0 spiro atoms. The summed E-state index contributed by atoms with van der Waals surface area (Å²) in [6.45, 7) is -0.111. The lowest BCUT2D eigenvalue weighted by Crippen LogP contribution is -2.30. The van der Waals surface area contributed by atoms with Gasteiger partial charge in [-0.05, 0) is 18.2 Å². The molecule has 2 aromatic rings. The highest BCUT2D eigenvalue weighted by Crippen LogP contribution is 2.21. The third-order valence-electron chi connectivity index (χ3n) is 3.66. The molecule has 1 N–H and O–H groups in total. The number of urea groups is 1. The van der Waals surface area contributed by atoms with Crippen LogP contribution in [0.1, 0.15) is 22.1 Å². The molecule has 0 aromatic carbocycles. The van der Waals surface area contributed by atoms with Gasteiger partial charge in [-0.1, -0.05) is 0 Å². The summed E-state index contributed by atoms with van der Waals surface area (Å²) in [6.07, 6.45) is 1.45. The van der Waals surface area contributed by atoms with Gasteiger partial charge < -0.3 is 23.8 Å². The molecular formula is C17H17N3O6. The lowest BCUT2D eigenvalue weighted by Gasteiger charge is -2.09. The lowest BCUT2D eigenvalue weighted by atomic mass is 10.3. The molecule has 3 heterocycles. The van der Waals surface area contributed by atoms with E-state index in [1.807, 2.05) is 14.1 Å². The molecule has 0 bridgehead atoms. The van der Waals surface area contributed by atoms with Gasteiger partial charge in [-0.3, -0.25) is 9.69 Å². The zero-order valence-electron chi connectivity index (χ0n) is 14.4. The van der Waals surface area contributed by atoms with E-state index in [9.17, 15) is 14.4 Å². The molecule has 0 atom stereocenters. The third kappa shape index (κ3) is 3.32. The fraction of sp³-hybridized carbons (Fsp3) is 0.235. The number of anilines is 1. The summed E-state index contributed by atoms with van der Waals surface area (Å²) in [6, 6.07) is 5.78. The first-order valence-electron chi connectivity index (χ1n) is 7.67. The second-order valence-corrected chi connectivity index (χ2v) is 5.71. The number of nitrogens with zero attached hydrogens (tertiary/aromatic N) is 2. The molecule has 136 valence electrons. The normalized spacial score (nSPS) is 15.5. The second-order valence-electron chi connectivity index (χ2n) is 5.71. The largest absolute Gasteiger partial charge is 0.463 e. The summed E-state index contributed by atoms with van der Waals surface area (Å²) >= 11 is 0. The van der Waals surface area contributed by atoms with Crippen LogP contribution in [0.2, 0.25) is 0 Å². The number of furan rings is 2. The van der Waals surface area contributed by atoms with Crippen LogP contribution >= 0.6 is 0 Å². The van der Waals surface area contributed by atoms with E-state index in [1.165, 1.54) is 25.3 Å². The fourth-order valence-electron chi connectivity index (χ4n) is 2.35. The number of methoxy groups -OCH3 is 1. The molecule has 9 nitrogen and oxygen atoms in total. The van der Waals surface area contributed by atoms with Crippen LogP contribution in [0.3, 0.4) is 0 Å². The maximum Gasteiger partial charge on any atom is 0.373 e. The summed E-state index contributed by atoms with van der Waals surface area (Å²) < 4.78 is 15.4. The number of hydrogen-bond donors (Lipinski definition) is 1. The highest BCUT2D eigenvalue weighted by molar-refractivity contribution is 6.13. The zero-order valence-corrected chi connectivity index (χ0v) is 14.4. The molecule has 2 aromatic heterocycles. The highest BCUT2D eigenvalue weighted by Gasteiger charge is 2.34. The van der Waals surface area contributed by atoms with Crippen molar-refractivity contribution in [3.8, 4) is 0 Å². The first-order valence-corrected chi connectivity index (χ1v) is 7.67. The Hall–Kier alpha value is -3.49. The van der Waals surface area contributed by atoms with Crippen molar-refractivity contribution in [1.82, 2.24) is 10.2 Å². The molecule has 0 saturated carbocycles. The number of imide groups is 1. The molecule has 1 saturated heterocycles. The molecule has 0 radical (unpaired) electrons. The van der Waals surface area contributed by atoms with Crippen molar-refractivity contribution in [2.45, 2.75) is 6.54 Å². The minimum atomic E-state index is -0.636. The molecule has 9 heteroatoms. The van der Waals surface area contributed by atoms with Crippen molar-refractivity contribution in [3.63, 3.8) is 0 Å². The van der Waals surface area contributed by atoms with Crippen LogP contribution in [-0.2, 0) is 16.1 Å². The van der Waals surface area contributed by atoms with Gasteiger partial charge >= 0.3 is 12.0 Å². The van der Waals surface area contributed by atoms with Crippen molar-refractivity contribution < 1.29 is 28.0 Å². The van der Waals surface area contributed by atoms with Gasteiger partial charge in [0.25, 0.3) is 5.91 Å². The van der Waals surface area contributed by atoms with Gasteiger partial charge in [-0.25, -0.2) is 9.59 Å². The maximum atomic E-state index is 12.5. The average Bonchev–Trinajstić information content (AvgIpc) is 3.31. The van der Waals surface area contributed by atoms with Crippen LogP contribution in [0.4, 0.5) is 10.7 Å². The van der Waals surface area contributed by atoms with Crippen LogP contribution in [0.5, 0.6) is 0 Å². The number of amides is 3. The summed E-state index contributed by atoms with van der Waals surface area (Å²) in [5.41, 5.74) is 0.0920. The minimum absolute atomic E-state index is 0.00267. The number of rotatable bonds is 5. The number of esters is 1. The summed E-state index contributed by atoms with van der Waals surface area (Å²) in [4.78, 5) is 38.7. The van der Waals surface area contributed by atoms with Crippen molar-refractivity contribution in [1.29, 1.82) is 0 Å². The molecular weight excluding hydrogens is 342 g/mol. The smallest absolute Gasteiger partial charge is 0.373 e. The molecule has 1 aliphatic rings. The van der Waals surface area contributed by atoms with Crippen LogP contribution in [0.25, 0.3) is 6.08 Å². The molecule has 1 fully saturated rings. The van der Waals surface area contributed by atoms with Crippen LogP contribution < -0.4 is 10.2 Å². The second kappa shape index (κ2) is 6.79. The topological polar surface area (TPSA) is 105 Å². The quantitative estimate of drug-likeness (QED) is 0.493. The first kappa shape index (κ1) is 17.3. The SMILES string of the molecule is COC(=O)c1ccc(CN2C(=O)N/C(=C\c3ccc(N(C)C)o3)C2=O)o1. The number of ether oxygens (including phenoxy) is 1. The van der Waals surface area contributed by atoms with E-state index >= 15 is 0 Å². The van der Waals surface area contributed by atoms with E-state index < -0.39 is 17.9 Å². The van der Waals surface area contributed by atoms with Crippen molar-refractivity contribution in [2.75, 3.05) is 26.1 Å². The van der Waals surface area contributed by atoms with Gasteiger partial charge in [-0.15, -0.1) is 0 Å². The third-order valence-corrected chi connectivity index (χ3v) is 3.66. The monoisotopic (exact) mass is 359 g/mol. The molecule has 3 rings (SSSR count). The van der Waals surface area contributed by atoms with E-state index in [0.717, 1.165) is 4.90 Å². The Labute approximate surface area is 148 Å². The molecule has 3 amide bonds. The first-order chi connectivity index (χ1) is 12.4. The van der Waals surface area contributed by atoms with Gasteiger partial charge in [0.1, 0.15) is 17.2 Å². The number of nitrogens with one attached hydrogen (secondary N) is 1. The Bertz CT molecular complexity index is 892. The zero-order chi connectivity index (χ0) is 18.8. The van der Waals surface area contributed by atoms with Gasteiger partial charge in [0.15, 0.2) is 5.88 Å². The molecule has 1 aliphatic heterocycles. The van der Waals surface area contributed by atoms with Crippen LogP contribution in [0, 0.1) is 0 Å².